The molecule has 0 atom stereocenters. The van der Waals surface area contributed by atoms with Gasteiger partial charge in [-0.3, -0.25) is 0 Å². The molecule has 18 heavy (non-hydrogen) atoms. The van der Waals surface area contributed by atoms with Crippen LogP contribution in [0.3, 0.4) is 0 Å². The van der Waals surface area contributed by atoms with Crippen LogP contribution in [0.25, 0.3) is 0 Å². The minimum atomic E-state index is -2.85. The molecule has 0 aliphatic carbocycles. The highest BCUT2D eigenvalue weighted by molar-refractivity contribution is 7.91. The van der Waals surface area contributed by atoms with E-state index in [-0.39, 0.29) is 16.9 Å². The van der Waals surface area contributed by atoms with E-state index in [2.05, 4.69) is 38.2 Å². The first-order valence-electron chi connectivity index (χ1n) is 6.25. The Kier molecular flexibility index (Phi) is 5.37. The van der Waals surface area contributed by atoms with Gasteiger partial charge in [0.25, 0.3) is 0 Å². The van der Waals surface area contributed by atoms with Crippen LogP contribution >= 0.6 is 11.3 Å². The average Bonchev–Trinajstić information content (AvgIpc) is 2.73. The molecule has 0 amide bonds. The molecule has 104 valence electrons. The summed E-state index contributed by atoms with van der Waals surface area (Å²) in [4.78, 5) is 2.62. The van der Waals surface area contributed by atoms with Gasteiger partial charge < -0.3 is 5.32 Å². The minimum absolute atomic E-state index is 0.189. The van der Waals surface area contributed by atoms with Crippen molar-refractivity contribution in [2.45, 2.75) is 39.7 Å². The average molecular weight is 289 g/mol. The Morgan fingerprint density at radius 1 is 1.28 bits per heavy atom. The van der Waals surface area contributed by atoms with Gasteiger partial charge >= 0.3 is 0 Å². The van der Waals surface area contributed by atoms with E-state index in [1.54, 1.807) is 18.3 Å². The summed E-state index contributed by atoms with van der Waals surface area (Å²) in [5.41, 5.74) is 0.189. The van der Waals surface area contributed by atoms with Crippen LogP contribution in [0.1, 0.15) is 37.4 Å². The Labute approximate surface area is 115 Å². The molecule has 0 bridgehead atoms. The maximum Gasteiger partial charge on any atom is 0.151 e. The fourth-order valence-electron chi connectivity index (χ4n) is 1.46. The molecule has 0 fully saturated rings. The first-order chi connectivity index (χ1) is 8.24. The van der Waals surface area contributed by atoms with Gasteiger partial charge in [0.05, 0.1) is 5.75 Å². The Bertz CT molecular complexity index is 469. The molecule has 0 aliphatic heterocycles. The molecule has 0 radical (unpaired) electrons. The van der Waals surface area contributed by atoms with Crippen LogP contribution in [-0.2, 0) is 21.8 Å². The standard InChI is InChI=1S/C13H23NO2S2/c1-5-18(15,16)9-8-14-10-11-6-7-12(17-11)13(2,3)4/h6-7,14H,5,8-10H2,1-4H3. The van der Waals surface area contributed by atoms with Crippen LogP contribution in [-0.4, -0.2) is 26.5 Å². The smallest absolute Gasteiger partial charge is 0.151 e. The molecule has 0 spiro atoms. The molecular weight excluding hydrogens is 266 g/mol. The second kappa shape index (κ2) is 6.17. The summed E-state index contributed by atoms with van der Waals surface area (Å²) < 4.78 is 22.6. The highest BCUT2D eigenvalue weighted by Gasteiger charge is 2.15. The van der Waals surface area contributed by atoms with Gasteiger partial charge in [-0.25, -0.2) is 8.42 Å². The van der Waals surface area contributed by atoms with E-state index in [1.807, 2.05) is 0 Å². The molecule has 1 aromatic rings. The van der Waals surface area contributed by atoms with Crippen LogP contribution in [0, 0.1) is 0 Å². The van der Waals surface area contributed by atoms with Crippen LogP contribution in [0.5, 0.6) is 0 Å². The number of hydrogen-bond acceptors (Lipinski definition) is 4. The Morgan fingerprint density at radius 2 is 1.94 bits per heavy atom. The van der Waals surface area contributed by atoms with Crippen molar-refractivity contribution in [3.63, 3.8) is 0 Å². The van der Waals surface area contributed by atoms with Crippen molar-refractivity contribution in [3.05, 3.63) is 21.9 Å². The molecule has 1 aromatic heterocycles. The molecule has 1 heterocycles. The number of hydrogen-bond donors (Lipinski definition) is 1. The summed E-state index contributed by atoms with van der Waals surface area (Å²) in [6, 6.07) is 4.27. The first kappa shape index (κ1) is 15.7. The Morgan fingerprint density at radius 3 is 2.44 bits per heavy atom. The fourth-order valence-corrected chi connectivity index (χ4v) is 3.24. The minimum Gasteiger partial charge on any atom is -0.311 e. The molecule has 0 saturated heterocycles. The van der Waals surface area contributed by atoms with Gasteiger partial charge in [-0.05, 0) is 17.5 Å². The lowest BCUT2D eigenvalue weighted by atomic mass is 9.95. The molecule has 0 unspecified atom stereocenters. The quantitative estimate of drug-likeness (QED) is 0.819. The van der Waals surface area contributed by atoms with Gasteiger partial charge in [0.1, 0.15) is 0 Å². The zero-order chi connectivity index (χ0) is 13.8. The monoisotopic (exact) mass is 289 g/mol. The van der Waals surface area contributed by atoms with Gasteiger partial charge in [-0.2, -0.15) is 0 Å². The molecule has 1 N–H and O–H groups in total. The summed E-state index contributed by atoms with van der Waals surface area (Å²) in [5, 5.41) is 3.19. The highest BCUT2D eigenvalue weighted by atomic mass is 32.2. The van der Waals surface area contributed by atoms with Crippen LogP contribution in [0.2, 0.25) is 0 Å². The summed E-state index contributed by atoms with van der Waals surface area (Å²) in [7, 11) is -2.85. The molecule has 1 rings (SSSR count). The molecule has 5 heteroatoms. The van der Waals surface area contributed by atoms with Crippen molar-refractivity contribution in [2.75, 3.05) is 18.1 Å². The van der Waals surface area contributed by atoms with Gasteiger partial charge in [-0.15, -0.1) is 11.3 Å². The van der Waals surface area contributed by atoms with Crippen molar-refractivity contribution in [2.24, 2.45) is 0 Å². The predicted octanol–water partition coefficient (Wildman–Crippen LogP) is 2.57. The van der Waals surface area contributed by atoms with Crippen LogP contribution in [0.15, 0.2) is 12.1 Å². The van der Waals surface area contributed by atoms with Crippen LogP contribution in [0.4, 0.5) is 0 Å². The normalized spacial score (nSPS) is 12.9. The van der Waals surface area contributed by atoms with Gasteiger partial charge in [0.2, 0.25) is 0 Å². The zero-order valence-corrected chi connectivity index (χ0v) is 13.2. The number of sulfone groups is 1. The number of nitrogens with one attached hydrogen (secondary N) is 1. The van der Waals surface area contributed by atoms with E-state index in [0.29, 0.717) is 6.54 Å². The first-order valence-corrected chi connectivity index (χ1v) is 8.89. The third kappa shape index (κ3) is 5.08. The fraction of sp³-hybridized carbons (Fsp3) is 0.692. The van der Waals surface area contributed by atoms with E-state index in [0.717, 1.165) is 6.54 Å². The molecule has 3 nitrogen and oxygen atoms in total. The lowest BCUT2D eigenvalue weighted by molar-refractivity contribution is 0.592. The van der Waals surface area contributed by atoms with Gasteiger partial charge in [0, 0.05) is 28.6 Å². The van der Waals surface area contributed by atoms with E-state index in [1.165, 1.54) is 9.75 Å². The van der Waals surface area contributed by atoms with Gasteiger partial charge in [0.15, 0.2) is 9.84 Å². The Balaban J connectivity index is 2.39. The summed E-state index contributed by atoms with van der Waals surface area (Å²) in [5.74, 6) is 0.447. The second-order valence-corrected chi connectivity index (χ2v) is 9.07. The van der Waals surface area contributed by atoms with Gasteiger partial charge in [-0.1, -0.05) is 27.7 Å². The Hall–Kier alpha value is -0.390. The zero-order valence-electron chi connectivity index (χ0n) is 11.6. The highest BCUT2D eigenvalue weighted by Crippen LogP contribution is 2.29. The van der Waals surface area contributed by atoms with Crippen molar-refractivity contribution in [1.29, 1.82) is 0 Å². The topological polar surface area (TPSA) is 46.2 Å². The number of rotatable bonds is 6. The van der Waals surface area contributed by atoms with E-state index < -0.39 is 9.84 Å². The van der Waals surface area contributed by atoms with Crippen molar-refractivity contribution >= 4 is 21.2 Å². The van der Waals surface area contributed by atoms with E-state index >= 15 is 0 Å². The lowest BCUT2D eigenvalue weighted by Gasteiger charge is -2.15. The third-order valence-electron chi connectivity index (χ3n) is 2.73. The molecular formula is C13H23NO2S2. The van der Waals surface area contributed by atoms with Crippen molar-refractivity contribution in [3.8, 4) is 0 Å². The van der Waals surface area contributed by atoms with E-state index in [9.17, 15) is 8.42 Å². The third-order valence-corrected chi connectivity index (χ3v) is 5.95. The number of thiophene rings is 1. The largest absolute Gasteiger partial charge is 0.311 e. The summed E-state index contributed by atoms with van der Waals surface area (Å²) in [6.45, 7) is 9.56. The van der Waals surface area contributed by atoms with Crippen molar-refractivity contribution < 1.29 is 8.42 Å². The lowest BCUT2D eigenvalue weighted by Crippen LogP contribution is -2.23. The van der Waals surface area contributed by atoms with E-state index in [4.69, 9.17) is 0 Å². The molecule has 0 aromatic carbocycles. The predicted molar refractivity (Wildman–Crippen MR) is 79.1 cm³/mol. The SMILES string of the molecule is CCS(=O)(=O)CCNCc1ccc(C(C)(C)C)s1. The maximum atomic E-state index is 11.3. The maximum absolute atomic E-state index is 11.3. The van der Waals surface area contributed by atoms with Crippen molar-refractivity contribution in [1.82, 2.24) is 5.32 Å². The molecule has 0 aliphatic rings. The summed E-state index contributed by atoms with van der Waals surface area (Å²) >= 11 is 1.79. The second-order valence-electron chi connectivity index (χ2n) is 5.43. The van der Waals surface area contributed by atoms with Crippen LogP contribution < -0.4 is 5.32 Å². The summed E-state index contributed by atoms with van der Waals surface area (Å²) in [6.07, 6.45) is 0. The molecule has 0 saturated carbocycles.